The molecule has 3 nitrogen and oxygen atoms in total. The summed E-state index contributed by atoms with van der Waals surface area (Å²) in [6.07, 6.45) is -0.661. The number of halogens is 2. The molecule has 0 saturated carbocycles. The molecule has 0 radical (unpaired) electrons. The van der Waals surface area contributed by atoms with Crippen molar-refractivity contribution in [3.63, 3.8) is 0 Å². The van der Waals surface area contributed by atoms with Crippen LogP contribution in [0.2, 0.25) is 0 Å². The summed E-state index contributed by atoms with van der Waals surface area (Å²) >= 11 is 3.16. The number of benzene rings is 1. The zero-order valence-corrected chi connectivity index (χ0v) is 11.5. The fraction of sp³-hybridized carbons (Fsp3) is 0.417. The van der Waals surface area contributed by atoms with Crippen molar-refractivity contribution in [3.05, 3.63) is 28.5 Å². The molecule has 1 atom stereocenters. The SMILES string of the molecule is CC(C)NC(=O)C(C)Oc1cc(F)cc(Br)c1. The lowest BCUT2D eigenvalue weighted by atomic mass is 10.3. The van der Waals surface area contributed by atoms with Crippen LogP contribution in [0.4, 0.5) is 4.39 Å². The van der Waals surface area contributed by atoms with Gasteiger partial charge in [0.25, 0.3) is 5.91 Å². The predicted octanol–water partition coefficient (Wildman–Crippen LogP) is 2.88. The predicted molar refractivity (Wildman–Crippen MR) is 67.5 cm³/mol. The largest absolute Gasteiger partial charge is 0.481 e. The number of rotatable bonds is 4. The fourth-order valence-electron chi connectivity index (χ4n) is 1.26. The summed E-state index contributed by atoms with van der Waals surface area (Å²) < 4.78 is 19.0. The van der Waals surface area contributed by atoms with Gasteiger partial charge in [0.2, 0.25) is 0 Å². The second-order valence-corrected chi connectivity index (χ2v) is 4.94. The molecule has 1 aromatic rings. The summed E-state index contributed by atoms with van der Waals surface area (Å²) in [5, 5.41) is 2.72. The molecule has 17 heavy (non-hydrogen) atoms. The number of hydrogen-bond donors (Lipinski definition) is 1. The van der Waals surface area contributed by atoms with Crippen LogP contribution in [-0.2, 0) is 4.79 Å². The van der Waals surface area contributed by atoms with Crippen molar-refractivity contribution in [2.45, 2.75) is 32.9 Å². The van der Waals surface area contributed by atoms with Gasteiger partial charge in [0.05, 0.1) is 0 Å². The lowest BCUT2D eigenvalue weighted by molar-refractivity contribution is -0.127. The molecule has 1 aromatic carbocycles. The lowest BCUT2D eigenvalue weighted by Crippen LogP contribution is -2.40. The molecule has 1 amide bonds. The van der Waals surface area contributed by atoms with Gasteiger partial charge in [-0.2, -0.15) is 0 Å². The minimum atomic E-state index is -0.661. The van der Waals surface area contributed by atoms with Crippen molar-refractivity contribution in [2.75, 3.05) is 0 Å². The van der Waals surface area contributed by atoms with E-state index in [9.17, 15) is 9.18 Å². The summed E-state index contributed by atoms with van der Waals surface area (Å²) in [4.78, 5) is 11.6. The summed E-state index contributed by atoms with van der Waals surface area (Å²) in [5.74, 6) is -0.311. The van der Waals surface area contributed by atoms with Crippen molar-refractivity contribution < 1.29 is 13.9 Å². The molecule has 0 aliphatic heterocycles. The van der Waals surface area contributed by atoms with Gasteiger partial charge >= 0.3 is 0 Å². The number of carbonyl (C=O) groups excluding carboxylic acids is 1. The van der Waals surface area contributed by atoms with E-state index < -0.39 is 11.9 Å². The minimum absolute atomic E-state index is 0.0489. The van der Waals surface area contributed by atoms with Crippen LogP contribution in [0.3, 0.4) is 0 Å². The highest BCUT2D eigenvalue weighted by Gasteiger charge is 2.15. The van der Waals surface area contributed by atoms with E-state index in [4.69, 9.17) is 4.74 Å². The first kappa shape index (κ1) is 14.0. The molecular weight excluding hydrogens is 289 g/mol. The van der Waals surface area contributed by atoms with Gasteiger partial charge in [-0.3, -0.25) is 4.79 Å². The Morgan fingerprint density at radius 3 is 2.53 bits per heavy atom. The molecule has 0 heterocycles. The topological polar surface area (TPSA) is 38.3 Å². The van der Waals surface area contributed by atoms with Gasteiger partial charge in [0, 0.05) is 16.6 Å². The molecule has 0 aromatic heterocycles. The fourth-order valence-corrected chi connectivity index (χ4v) is 1.70. The molecule has 1 unspecified atom stereocenters. The second kappa shape index (κ2) is 6.00. The van der Waals surface area contributed by atoms with E-state index in [1.165, 1.54) is 12.1 Å². The molecule has 0 aliphatic carbocycles. The molecule has 0 fully saturated rings. The van der Waals surface area contributed by atoms with Crippen molar-refractivity contribution in [1.29, 1.82) is 0 Å². The number of ether oxygens (including phenoxy) is 1. The maximum atomic E-state index is 13.1. The van der Waals surface area contributed by atoms with Crippen LogP contribution in [0.25, 0.3) is 0 Å². The van der Waals surface area contributed by atoms with Crippen molar-refractivity contribution in [3.8, 4) is 5.75 Å². The Balaban J connectivity index is 2.67. The summed E-state index contributed by atoms with van der Waals surface area (Å²) in [6.45, 7) is 5.35. The molecule has 5 heteroatoms. The van der Waals surface area contributed by atoms with E-state index >= 15 is 0 Å². The first-order valence-corrected chi connectivity index (χ1v) is 6.11. The number of hydrogen-bond acceptors (Lipinski definition) is 2. The Labute approximate surface area is 108 Å². The van der Waals surface area contributed by atoms with Gasteiger partial charge in [0.1, 0.15) is 11.6 Å². The zero-order valence-electron chi connectivity index (χ0n) is 9.96. The molecule has 0 spiro atoms. The monoisotopic (exact) mass is 303 g/mol. The Bertz CT molecular complexity index is 389. The van der Waals surface area contributed by atoms with Crippen LogP contribution in [0.15, 0.2) is 22.7 Å². The van der Waals surface area contributed by atoms with Crippen LogP contribution >= 0.6 is 15.9 Å². The molecule has 1 rings (SSSR count). The van der Waals surface area contributed by atoms with E-state index in [1.54, 1.807) is 13.0 Å². The normalized spacial score (nSPS) is 12.4. The molecule has 0 saturated heterocycles. The van der Waals surface area contributed by atoms with E-state index in [-0.39, 0.29) is 11.9 Å². The Morgan fingerprint density at radius 2 is 2.00 bits per heavy atom. The van der Waals surface area contributed by atoms with E-state index in [0.717, 1.165) is 0 Å². The van der Waals surface area contributed by atoms with Gasteiger partial charge in [-0.15, -0.1) is 0 Å². The third-order valence-electron chi connectivity index (χ3n) is 1.95. The molecule has 0 aliphatic rings. The van der Waals surface area contributed by atoms with Gasteiger partial charge in [-0.1, -0.05) is 15.9 Å². The third kappa shape index (κ3) is 4.73. The smallest absolute Gasteiger partial charge is 0.260 e. The highest BCUT2D eigenvalue weighted by molar-refractivity contribution is 9.10. The van der Waals surface area contributed by atoms with Gasteiger partial charge in [0.15, 0.2) is 6.10 Å². The van der Waals surface area contributed by atoms with Crippen LogP contribution in [0.1, 0.15) is 20.8 Å². The lowest BCUT2D eigenvalue weighted by Gasteiger charge is -2.16. The highest BCUT2D eigenvalue weighted by atomic mass is 79.9. The molecular formula is C12H15BrFNO2. The number of nitrogens with one attached hydrogen (secondary N) is 1. The standard InChI is InChI=1S/C12H15BrFNO2/c1-7(2)15-12(16)8(3)17-11-5-9(13)4-10(14)6-11/h4-8H,1-3H3,(H,15,16). The Morgan fingerprint density at radius 1 is 1.35 bits per heavy atom. The number of carbonyl (C=O) groups is 1. The Hall–Kier alpha value is -1.10. The summed E-state index contributed by atoms with van der Waals surface area (Å²) in [5.41, 5.74) is 0. The molecule has 94 valence electrons. The first-order valence-electron chi connectivity index (χ1n) is 5.31. The van der Waals surface area contributed by atoms with E-state index in [0.29, 0.717) is 10.2 Å². The van der Waals surface area contributed by atoms with Crippen molar-refractivity contribution in [2.24, 2.45) is 0 Å². The van der Waals surface area contributed by atoms with Gasteiger partial charge in [-0.05, 0) is 32.9 Å². The van der Waals surface area contributed by atoms with Gasteiger partial charge in [-0.25, -0.2) is 4.39 Å². The molecule has 1 N–H and O–H groups in total. The quantitative estimate of drug-likeness (QED) is 0.929. The maximum absolute atomic E-state index is 13.1. The average molecular weight is 304 g/mol. The third-order valence-corrected chi connectivity index (χ3v) is 2.41. The first-order chi connectivity index (χ1) is 7.88. The maximum Gasteiger partial charge on any atom is 0.260 e. The van der Waals surface area contributed by atoms with Crippen LogP contribution < -0.4 is 10.1 Å². The molecule has 0 bridgehead atoms. The van der Waals surface area contributed by atoms with Crippen LogP contribution in [-0.4, -0.2) is 18.1 Å². The highest BCUT2D eigenvalue weighted by Crippen LogP contribution is 2.21. The van der Waals surface area contributed by atoms with Crippen molar-refractivity contribution in [1.82, 2.24) is 5.32 Å². The number of amides is 1. The Kier molecular flexibility index (Phi) is 4.93. The van der Waals surface area contributed by atoms with Gasteiger partial charge < -0.3 is 10.1 Å². The average Bonchev–Trinajstić information content (AvgIpc) is 2.14. The van der Waals surface area contributed by atoms with E-state index in [2.05, 4.69) is 21.2 Å². The second-order valence-electron chi connectivity index (χ2n) is 4.03. The van der Waals surface area contributed by atoms with Crippen LogP contribution in [0.5, 0.6) is 5.75 Å². The van der Waals surface area contributed by atoms with Crippen LogP contribution in [0, 0.1) is 5.82 Å². The summed E-state index contributed by atoms with van der Waals surface area (Å²) in [7, 11) is 0. The van der Waals surface area contributed by atoms with Crippen molar-refractivity contribution >= 4 is 21.8 Å². The van der Waals surface area contributed by atoms with E-state index in [1.807, 2.05) is 13.8 Å². The zero-order chi connectivity index (χ0) is 13.0. The summed E-state index contributed by atoms with van der Waals surface area (Å²) in [6, 6.07) is 4.23. The minimum Gasteiger partial charge on any atom is -0.481 e.